The van der Waals surface area contributed by atoms with Gasteiger partial charge in [0.1, 0.15) is 22.7 Å². The second kappa shape index (κ2) is 9.94. The lowest BCUT2D eigenvalue weighted by molar-refractivity contribution is -0.116. The summed E-state index contributed by atoms with van der Waals surface area (Å²) in [5, 5.41) is 25.8. The summed E-state index contributed by atoms with van der Waals surface area (Å²) in [5.74, 6) is -1.04. The maximum absolute atomic E-state index is 12.9. The van der Waals surface area contributed by atoms with E-state index in [4.69, 9.17) is 8.83 Å². The molecular weight excluding hydrogens is 492 g/mol. The Bertz CT molecular complexity index is 1700. The Labute approximate surface area is 213 Å². The van der Waals surface area contributed by atoms with Gasteiger partial charge in [-0.05, 0) is 47.5 Å². The number of aromatic hydroxyl groups is 2. The highest BCUT2D eigenvalue weighted by molar-refractivity contribution is 6.02. The molecule has 2 amide bonds. The van der Waals surface area contributed by atoms with Gasteiger partial charge in [0.15, 0.2) is 0 Å². The number of benzene rings is 3. The van der Waals surface area contributed by atoms with Crippen LogP contribution in [0.3, 0.4) is 0 Å². The van der Waals surface area contributed by atoms with Gasteiger partial charge in [0.05, 0.1) is 24.2 Å². The molecule has 4 N–H and O–H groups in total. The second-order valence-corrected chi connectivity index (χ2v) is 8.54. The van der Waals surface area contributed by atoms with E-state index in [9.17, 15) is 29.4 Å². The first kappa shape index (κ1) is 24.3. The molecule has 10 nitrogen and oxygen atoms in total. The van der Waals surface area contributed by atoms with Gasteiger partial charge in [0.25, 0.3) is 0 Å². The van der Waals surface area contributed by atoms with Crippen molar-refractivity contribution < 1.29 is 28.6 Å². The lowest BCUT2D eigenvalue weighted by Gasteiger charge is -2.13. The van der Waals surface area contributed by atoms with Crippen LogP contribution in [0.25, 0.3) is 21.9 Å². The fourth-order valence-corrected chi connectivity index (χ4v) is 4.17. The summed E-state index contributed by atoms with van der Waals surface area (Å²) >= 11 is 0. The van der Waals surface area contributed by atoms with Crippen molar-refractivity contribution in [3.05, 3.63) is 105 Å². The third-order valence-corrected chi connectivity index (χ3v) is 5.80. The third kappa shape index (κ3) is 5.24. The summed E-state index contributed by atoms with van der Waals surface area (Å²) in [6.07, 6.45) is -0.318. The van der Waals surface area contributed by atoms with Crippen LogP contribution in [0.4, 0.5) is 11.4 Å². The van der Waals surface area contributed by atoms with Gasteiger partial charge in [-0.2, -0.15) is 0 Å². The molecule has 0 saturated carbocycles. The van der Waals surface area contributed by atoms with E-state index in [2.05, 4.69) is 10.6 Å². The standard InChI is InChI=1S/C28H20N2O8/c31-17-5-7-19-15(11-27(35)37-23(19)13-17)9-25(33)29-21-3-1-2-4-22(21)30-26(34)10-16-12-28(36)38-24-14-18(32)6-8-20(16)24/h1-8,11-14,31-32H,9-10H2,(H,29,33)(H,30,34). The molecule has 3 aromatic carbocycles. The number of rotatable bonds is 6. The topological polar surface area (TPSA) is 159 Å². The molecule has 0 atom stereocenters. The first-order chi connectivity index (χ1) is 18.2. The van der Waals surface area contributed by atoms with Crippen LogP contribution in [-0.4, -0.2) is 22.0 Å². The molecule has 0 bridgehead atoms. The van der Waals surface area contributed by atoms with Crippen LogP contribution < -0.4 is 21.9 Å². The highest BCUT2D eigenvalue weighted by Crippen LogP contribution is 2.26. The molecule has 0 spiro atoms. The minimum atomic E-state index is -0.656. The normalized spacial score (nSPS) is 10.9. The van der Waals surface area contributed by atoms with Crippen molar-refractivity contribution in [3.8, 4) is 11.5 Å². The van der Waals surface area contributed by atoms with Gasteiger partial charge in [0.2, 0.25) is 11.8 Å². The molecule has 0 aliphatic heterocycles. The fraction of sp³-hybridized carbons (Fsp3) is 0.0714. The quantitative estimate of drug-likeness (QED) is 0.251. The summed E-state index contributed by atoms with van der Waals surface area (Å²) < 4.78 is 10.2. The number of nitrogens with one attached hydrogen (secondary N) is 2. The van der Waals surface area contributed by atoms with E-state index in [1.54, 1.807) is 36.4 Å². The van der Waals surface area contributed by atoms with Gasteiger partial charge in [-0.1, -0.05) is 12.1 Å². The number of carbonyl (C=O) groups is 2. The molecular formula is C28H20N2O8. The molecule has 0 fully saturated rings. The maximum Gasteiger partial charge on any atom is 0.336 e. The first-order valence-electron chi connectivity index (χ1n) is 11.5. The Morgan fingerprint density at radius 1 is 0.632 bits per heavy atom. The van der Waals surface area contributed by atoms with E-state index >= 15 is 0 Å². The molecule has 5 aromatic rings. The average Bonchev–Trinajstić information content (AvgIpc) is 2.84. The van der Waals surface area contributed by atoms with Crippen molar-refractivity contribution in [2.24, 2.45) is 0 Å². The molecule has 0 saturated heterocycles. The van der Waals surface area contributed by atoms with Gasteiger partial charge in [0, 0.05) is 35.0 Å². The molecule has 0 unspecified atom stereocenters. The van der Waals surface area contributed by atoms with Gasteiger partial charge in [-0.3, -0.25) is 9.59 Å². The van der Waals surface area contributed by atoms with Crippen LogP contribution in [0, 0.1) is 0 Å². The molecule has 0 aliphatic carbocycles. The van der Waals surface area contributed by atoms with E-state index in [-0.39, 0.29) is 35.5 Å². The van der Waals surface area contributed by atoms with Crippen molar-refractivity contribution >= 4 is 45.1 Å². The van der Waals surface area contributed by atoms with Crippen LogP contribution in [0.15, 0.2) is 91.2 Å². The summed E-state index contributed by atoms with van der Waals surface area (Å²) in [4.78, 5) is 49.6. The smallest absolute Gasteiger partial charge is 0.336 e. The predicted molar refractivity (Wildman–Crippen MR) is 139 cm³/mol. The maximum atomic E-state index is 12.9. The Balaban J connectivity index is 1.34. The molecule has 2 heterocycles. The monoisotopic (exact) mass is 512 g/mol. The van der Waals surface area contributed by atoms with E-state index in [1.807, 2.05) is 0 Å². The lowest BCUT2D eigenvalue weighted by atomic mass is 10.1. The Morgan fingerprint density at radius 3 is 1.47 bits per heavy atom. The molecule has 0 radical (unpaired) electrons. The van der Waals surface area contributed by atoms with Gasteiger partial charge >= 0.3 is 11.3 Å². The molecule has 10 heteroatoms. The van der Waals surface area contributed by atoms with Crippen molar-refractivity contribution in [1.29, 1.82) is 0 Å². The lowest BCUT2D eigenvalue weighted by Crippen LogP contribution is -2.20. The number of anilines is 2. The SMILES string of the molecule is O=C(Cc1cc(=O)oc2cc(O)ccc12)Nc1ccccc1NC(=O)Cc1cc(=O)oc2cc(O)ccc12. The highest BCUT2D eigenvalue weighted by Gasteiger charge is 2.15. The first-order valence-corrected chi connectivity index (χ1v) is 11.5. The van der Waals surface area contributed by atoms with Crippen LogP contribution in [0.5, 0.6) is 11.5 Å². The number of hydrogen-bond donors (Lipinski definition) is 4. The molecule has 190 valence electrons. The number of phenolic OH excluding ortho intramolecular Hbond substituents is 2. The number of para-hydroxylation sites is 2. The van der Waals surface area contributed by atoms with E-state index in [0.29, 0.717) is 33.3 Å². The van der Waals surface area contributed by atoms with Crippen LogP contribution in [0.1, 0.15) is 11.1 Å². The summed E-state index contributed by atoms with van der Waals surface area (Å²) in [5.41, 5.74) is 0.493. The Kier molecular flexibility index (Phi) is 6.36. The van der Waals surface area contributed by atoms with E-state index in [0.717, 1.165) is 0 Å². The number of phenols is 2. The number of carbonyl (C=O) groups excluding carboxylic acids is 2. The molecule has 5 rings (SSSR count). The van der Waals surface area contributed by atoms with Crippen LogP contribution in [0.2, 0.25) is 0 Å². The predicted octanol–water partition coefficient (Wildman–Crippen LogP) is 3.67. The minimum Gasteiger partial charge on any atom is -0.508 e. The van der Waals surface area contributed by atoms with Gasteiger partial charge in [-0.15, -0.1) is 0 Å². The molecule has 38 heavy (non-hydrogen) atoms. The zero-order chi connectivity index (χ0) is 26.8. The largest absolute Gasteiger partial charge is 0.508 e. The minimum absolute atomic E-state index is 0.0746. The molecule has 0 aliphatic rings. The van der Waals surface area contributed by atoms with E-state index in [1.165, 1.54) is 36.4 Å². The number of hydrogen-bond acceptors (Lipinski definition) is 8. The number of amides is 2. The van der Waals surface area contributed by atoms with Crippen molar-refractivity contribution in [1.82, 2.24) is 0 Å². The Hall–Kier alpha value is -5.38. The third-order valence-electron chi connectivity index (χ3n) is 5.80. The summed E-state index contributed by atoms with van der Waals surface area (Å²) in [6, 6.07) is 17.6. The summed E-state index contributed by atoms with van der Waals surface area (Å²) in [7, 11) is 0. The van der Waals surface area contributed by atoms with Crippen molar-refractivity contribution in [2.45, 2.75) is 12.8 Å². The van der Waals surface area contributed by atoms with Gasteiger partial charge < -0.3 is 29.7 Å². The van der Waals surface area contributed by atoms with E-state index < -0.39 is 23.1 Å². The highest BCUT2D eigenvalue weighted by atomic mass is 16.4. The van der Waals surface area contributed by atoms with Crippen molar-refractivity contribution in [3.63, 3.8) is 0 Å². The van der Waals surface area contributed by atoms with Crippen molar-refractivity contribution in [2.75, 3.05) is 10.6 Å². The van der Waals surface area contributed by atoms with Gasteiger partial charge in [-0.25, -0.2) is 9.59 Å². The van der Waals surface area contributed by atoms with Crippen LogP contribution in [-0.2, 0) is 22.4 Å². The average molecular weight is 512 g/mol. The summed E-state index contributed by atoms with van der Waals surface area (Å²) in [6.45, 7) is 0. The zero-order valence-electron chi connectivity index (χ0n) is 19.7. The fourth-order valence-electron chi connectivity index (χ4n) is 4.17. The number of fused-ring (bicyclic) bond motifs is 2. The molecule has 2 aromatic heterocycles. The second-order valence-electron chi connectivity index (χ2n) is 8.54. The Morgan fingerprint density at radius 2 is 1.05 bits per heavy atom. The van der Waals surface area contributed by atoms with Crippen LogP contribution >= 0.6 is 0 Å². The zero-order valence-corrected chi connectivity index (χ0v) is 19.7.